The Hall–Kier alpha value is -1.58. The predicted molar refractivity (Wildman–Crippen MR) is 81.5 cm³/mol. The molecule has 1 saturated carbocycles. The van der Waals surface area contributed by atoms with Gasteiger partial charge in [0.2, 0.25) is 0 Å². The summed E-state index contributed by atoms with van der Waals surface area (Å²) in [6.45, 7) is 4.14. The Bertz CT molecular complexity index is 553. The van der Waals surface area contributed by atoms with Gasteiger partial charge in [-0.25, -0.2) is 0 Å². The highest BCUT2D eigenvalue weighted by Gasteiger charge is 2.22. The lowest BCUT2D eigenvalue weighted by Crippen LogP contribution is -2.31. The van der Waals surface area contributed by atoms with Crippen LogP contribution in [0, 0.1) is 5.92 Å². The first kappa shape index (κ1) is 13.4. The van der Waals surface area contributed by atoms with Gasteiger partial charge in [-0.3, -0.25) is 9.79 Å². The second-order valence-corrected chi connectivity index (χ2v) is 6.14. The highest BCUT2D eigenvalue weighted by molar-refractivity contribution is 5.98. The molecule has 20 heavy (non-hydrogen) atoms. The minimum absolute atomic E-state index is 0.0738. The first-order valence-corrected chi connectivity index (χ1v) is 7.75. The van der Waals surface area contributed by atoms with Crippen molar-refractivity contribution in [3.8, 4) is 0 Å². The number of rotatable bonds is 2. The summed E-state index contributed by atoms with van der Waals surface area (Å²) in [5.41, 5.74) is 2.05. The number of H-pyrrole nitrogens is 1. The molecule has 1 aliphatic carbocycles. The lowest BCUT2D eigenvalue weighted by molar-refractivity contribution is 0.346. The summed E-state index contributed by atoms with van der Waals surface area (Å²) in [6.07, 6.45) is 7.59. The SMILES string of the molecule is C[C@H]1CC[C@H](c2cc(C3=NCCCN3)c[nH]c2=O)CC1. The van der Waals surface area contributed by atoms with Crippen LogP contribution in [0.1, 0.15) is 56.1 Å². The molecular weight excluding hydrogens is 250 g/mol. The van der Waals surface area contributed by atoms with Crippen LogP contribution in [0.25, 0.3) is 0 Å². The van der Waals surface area contributed by atoms with Gasteiger partial charge in [-0.2, -0.15) is 0 Å². The first-order valence-electron chi connectivity index (χ1n) is 7.75. The van der Waals surface area contributed by atoms with E-state index in [1.807, 2.05) is 0 Å². The Balaban J connectivity index is 1.87. The average molecular weight is 273 g/mol. The van der Waals surface area contributed by atoms with Crippen molar-refractivity contribution in [3.63, 3.8) is 0 Å². The molecule has 0 atom stereocenters. The number of aromatic amines is 1. The van der Waals surface area contributed by atoms with E-state index >= 15 is 0 Å². The van der Waals surface area contributed by atoms with Crippen LogP contribution in [0.3, 0.4) is 0 Å². The molecule has 1 aromatic rings. The van der Waals surface area contributed by atoms with Gasteiger partial charge in [0, 0.05) is 30.4 Å². The molecule has 4 heteroatoms. The molecule has 0 aromatic carbocycles. The number of nitrogens with zero attached hydrogens (tertiary/aromatic N) is 1. The van der Waals surface area contributed by atoms with Crippen LogP contribution in [0.4, 0.5) is 0 Å². The second-order valence-electron chi connectivity index (χ2n) is 6.14. The summed E-state index contributed by atoms with van der Waals surface area (Å²) in [5.74, 6) is 2.15. The molecule has 1 fully saturated rings. The zero-order valence-electron chi connectivity index (χ0n) is 12.1. The molecule has 0 spiro atoms. The number of aromatic nitrogens is 1. The van der Waals surface area contributed by atoms with Gasteiger partial charge in [-0.15, -0.1) is 0 Å². The van der Waals surface area contributed by atoms with Crippen LogP contribution < -0.4 is 10.9 Å². The van der Waals surface area contributed by atoms with E-state index in [0.29, 0.717) is 5.92 Å². The van der Waals surface area contributed by atoms with E-state index in [-0.39, 0.29) is 5.56 Å². The molecule has 2 aliphatic rings. The number of aliphatic imine (C=N–C) groups is 1. The molecule has 3 rings (SSSR count). The molecular formula is C16H23N3O. The van der Waals surface area contributed by atoms with E-state index in [0.717, 1.165) is 55.2 Å². The number of hydrogen-bond acceptors (Lipinski definition) is 3. The molecule has 1 aliphatic heterocycles. The van der Waals surface area contributed by atoms with E-state index in [1.165, 1.54) is 12.8 Å². The Morgan fingerprint density at radius 2 is 2.05 bits per heavy atom. The summed E-state index contributed by atoms with van der Waals surface area (Å²) in [4.78, 5) is 19.5. The third kappa shape index (κ3) is 2.79. The number of nitrogens with one attached hydrogen (secondary N) is 2. The fourth-order valence-corrected chi connectivity index (χ4v) is 3.24. The van der Waals surface area contributed by atoms with Crippen molar-refractivity contribution in [1.82, 2.24) is 10.3 Å². The molecule has 2 heterocycles. The van der Waals surface area contributed by atoms with Crippen LogP contribution in [-0.2, 0) is 0 Å². The number of hydrogen-bond donors (Lipinski definition) is 2. The molecule has 108 valence electrons. The van der Waals surface area contributed by atoms with Crippen LogP contribution in [0.2, 0.25) is 0 Å². The van der Waals surface area contributed by atoms with Crippen molar-refractivity contribution < 1.29 is 0 Å². The van der Waals surface area contributed by atoms with Crippen molar-refractivity contribution in [3.05, 3.63) is 33.7 Å². The van der Waals surface area contributed by atoms with Gasteiger partial charge in [-0.05, 0) is 37.2 Å². The van der Waals surface area contributed by atoms with Crippen LogP contribution in [0.5, 0.6) is 0 Å². The van der Waals surface area contributed by atoms with Gasteiger partial charge in [0.25, 0.3) is 5.56 Å². The van der Waals surface area contributed by atoms with Gasteiger partial charge in [0.1, 0.15) is 5.84 Å². The third-order valence-electron chi connectivity index (χ3n) is 4.56. The van der Waals surface area contributed by atoms with Crippen molar-refractivity contribution in [2.75, 3.05) is 13.1 Å². The van der Waals surface area contributed by atoms with E-state index in [2.05, 4.69) is 28.3 Å². The van der Waals surface area contributed by atoms with Crippen molar-refractivity contribution >= 4 is 5.84 Å². The quantitative estimate of drug-likeness (QED) is 0.869. The fraction of sp³-hybridized carbons (Fsp3) is 0.625. The lowest BCUT2D eigenvalue weighted by atomic mass is 9.79. The third-order valence-corrected chi connectivity index (χ3v) is 4.56. The Labute approximate surface area is 119 Å². The molecule has 4 nitrogen and oxygen atoms in total. The van der Waals surface area contributed by atoms with Crippen LogP contribution in [0.15, 0.2) is 22.1 Å². The second kappa shape index (κ2) is 5.81. The molecule has 0 unspecified atom stereocenters. The highest BCUT2D eigenvalue weighted by Crippen LogP contribution is 2.34. The minimum Gasteiger partial charge on any atom is -0.370 e. The number of amidine groups is 1. The van der Waals surface area contributed by atoms with Gasteiger partial charge >= 0.3 is 0 Å². The summed E-state index contributed by atoms with van der Waals surface area (Å²) >= 11 is 0. The monoisotopic (exact) mass is 273 g/mol. The fourth-order valence-electron chi connectivity index (χ4n) is 3.24. The maximum absolute atomic E-state index is 12.1. The first-order chi connectivity index (χ1) is 9.74. The Morgan fingerprint density at radius 3 is 2.75 bits per heavy atom. The Kier molecular flexibility index (Phi) is 3.90. The standard InChI is InChI=1S/C16H23N3O/c1-11-3-5-12(6-4-11)14-9-13(10-19-16(14)20)15-17-7-2-8-18-15/h9-12H,2-8H2,1H3,(H,17,18)(H,19,20)/t11-,12-. The predicted octanol–water partition coefficient (Wildman–Crippen LogP) is 2.41. The molecule has 2 N–H and O–H groups in total. The zero-order valence-corrected chi connectivity index (χ0v) is 12.1. The van der Waals surface area contributed by atoms with E-state index < -0.39 is 0 Å². The van der Waals surface area contributed by atoms with Crippen molar-refractivity contribution in [2.45, 2.75) is 44.9 Å². The highest BCUT2D eigenvalue weighted by atomic mass is 16.1. The summed E-state index contributed by atoms with van der Waals surface area (Å²) in [5, 5.41) is 3.32. The minimum atomic E-state index is 0.0738. The van der Waals surface area contributed by atoms with Gasteiger partial charge < -0.3 is 10.3 Å². The van der Waals surface area contributed by atoms with Gasteiger partial charge in [0.05, 0.1) is 0 Å². The number of pyridine rings is 1. The van der Waals surface area contributed by atoms with Gasteiger partial charge in [-0.1, -0.05) is 19.8 Å². The van der Waals surface area contributed by atoms with Crippen LogP contribution >= 0.6 is 0 Å². The Morgan fingerprint density at radius 1 is 1.25 bits per heavy atom. The summed E-state index contributed by atoms with van der Waals surface area (Å²) < 4.78 is 0. The maximum atomic E-state index is 12.1. The van der Waals surface area contributed by atoms with E-state index in [4.69, 9.17) is 0 Å². The lowest BCUT2D eigenvalue weighted by Gasteiger charge is -2.26. The topological polar surface area (TPSA) is 57.2 Å². The van der Waals surface area contributed by atoms with Crippen molar-refractivity contribution in [1.29, 1.82) is 0 Å². The smallest absolute Gasteiger partial charge is 0.251 e. The van der Waals surface area contributed by atoms with Crippen molar-refractivity contribution in [2.24, 2.45) is 10.9 Å². The van der Waals surface area contributed by atoms with E-state index in [9.17, 15) is 4.79 Å². The summed E-state index contributed by atoms with van der Waals surface area (Å²) in [7, 11) is 0. The normalized spacial score (nSPS) is 26.8. The largest absolute Gasteiger partial charge is 0.370 e. The molecule has 1 aromatic heterocycles. The molecule has 0 radical (unpaired) electrons. The summed E-state index contributed by atoms with van der Waals surface area (Å²) in [6, 6.07) is 2.05. The maximum Gasteiger partial charge on any atom is 0.251 e. The van der Waals surface area contributed by atoms with E-state index in [1.54, 1.807) is 6.20 Å². The van der Waals surface area contributed by atoms with Crippen LogP contribution in [-0.4, -0.2) is 23.9 Å². The van der Waals surface area contributed by atoms with Gasteiger partial charge in [0.15, 0.2) is 0 Å². The average Bonchev–Trinajstić information content (AvgIpc) is 2.50. The molecule has 0 saturated heterocycles. The zero-order chi connectivity index (χ0) is 13.9. The molecule has 0 bridgehead atoms. The molecule has 0 amide bonds.